The molecule has 0 amide bonds. The van der Waals surface area contributed by atoms with E-state index in [9.17, 15) is 0 Å². The molecule has 3 N–H and O–H groups in total. The van der Waals surface area contributed by atoms with Crippen LogP contribution in [0.15, 0.2) is 78.9 Å². The molecule has 3 rings (SSSR count). The van der Waals surface area contributed by atoms with E-state index in [1.165, 1.54) is 163 Å². The van der Waals surface area contributed by atoms with E-state index in [1.54, 1.807) is 0 Å². The highest BCUT2D eigenvalue weighted by molar-refractivity contribution is 5.57. The zero-order valence-corrected chi connectivity index (χ0v) is 32.6. The van der Waals surface area contributed by atoms with Crippen LogP contribution in [0.5, 0.6) is 0 Å². The van der Waals surface area contributed by atoms with Crippen molar-refractivity contribution >= 4 is 5.69 Å². The maximum absolute atomic E-state index is 4.05. The van der Waals surface area contributed by atoms with Gasteiger partial charge in [0, 0.05) is 12.2 Å². The lowest BCUT2D eigenvalue weighted by Crippen LogP contribution is -2.27. The van der Waals surface area contributed by atoms with Crippen molar-refractivity contribution in [2.45, 2.75) is 168 Å². The molecular weight excluding hydrogens is 607 g/mol. The molecule has 3 aromatic carbocycles. The van der Waals surface area contributed by atoms with Gasteiger partial charge in [0.1, 0.15) is 0 Å². The zero-order chi connectivity index (χ0) is 35.3. The van der Waals surface area contributed by atoms with Gasteiger partial charge in [0.05, 0.1) is 12.1 Å². The van der Waals surface area contributed by atoms with E-state index in [2.05, 4.69) is 116 Å². The predicted octanol–water partition coefficient (Wildman–Crippen LogP) is 13.7. The van der Waals surface area contributed by atoms with Gasteiger partial charge in [-0.15, -0.1) is 0 Å². The monoisotopic (exact) mass is 682 g/mol. The minimum Gasteiger partial charge on any atom is -0.385 e. The fourth-order valence-electron chi connectivity index (χ4n) is 7.25. The van der Waals surface area contributed by atoms with Crippen LogP contribution in [0.1, 0.15) is 190 Å². The second-order valence-corrected chi connectivity index (χ2v) is 14.7. The lowest BCUT2D eigenvalue weighted by atomic mass is 9.91. The average molecular weight is 682 g/mol. The van der Waals surface area contributed by atoms with Crippen molar-refractivity contribution in [2.24, 2.45) is 0 Å². The Balaban J connectivity index is 1.81. The van der Waals surface area contributed by atoms with Crippen molar-refractivity contribution < 1.29 is 0 Å². The van der Waals surface area contributed by atoms with Crippen LogP contribution in [-0.4, -0.2) is 19.6 Å². The molecule has 278 valence electrons. The summed E-state index contributed by atoms with van der Waals surface area (Å²) in [5.41, 5.74) is 6.70. The summed E-state index contributed by atoms with van der Waals surface area (Å²) in [4.78, 5) is 0. The Hall–Kier alpha value is -2.62. The van der Waals surface area contributed by atoms with E-state index in [0.717, 1.165) is 19.6 Å². The molecule has 2 unspecified atom stereocenters. The molecule has 0 aliphatic heterocycles. The van der Waals surface area contributed by atoms with E-state index >= 15 is 0 Å². The first kappa shape index (κ1) is 41.8. The van der Waals surface area contributed by atoms with Crippen LogP contribution < -0.4 is 16.0 Å². The fourth-order valence-corrected chi connectivity index (χ4v) is 7.25. The minimum absolute atomic E-state index is 0.146. The molecule has 0 bridgehead atoms. The third-order valence-electron chi connectivity index (χ3n) is 10.3. The van der Waals surface area contributed by atoms with Gasteiger partial charge in [-0.25, -0.2) is 0 Å². The number of unbranched alkanes of at least 4 members (excludes halogenated alkanes) is 18. The first-order valence-corrected chi connectivity index (χ1v) is 21.2. The minimum atomic E-state index is 0.146. The van der Waals surface area contributed by atoms with Gasteiger partial charge in [0.15, 0.2) is 0 Å². The normalized spacial score (nSPS) is 12.6. The van der Waals surface area contributed by atoms with Gasteiger partial charge in [-0.1, -0.05) is 203 Å². The number of rotatable bonds is 31. The molecule has 3 aromatic rings. The summed E-state index contributed by atoms with van der Waals surface area (Å²) in [7, 11) is 0. The molecular formula is C47H75N3. The summed E-state index contributed by atoms with van der Waals surface area (Å²) in [6, 6.07) is 29.8. The molecule has 3 nitrogen and oxygen atoms in total. The van der Waals surface area contributed by atoms with E-state index in [-0.39, 0.29) is 12.1 Å². The lowest BCUT2D eigenvalue weighted by molar-refractivity contribution is 0.533. The molecule has 0 radical (unpaired) electrons. The second kappa shape index (κ2) is 28.0. The molecule has 0 aliphatic rings. The quantitative estimate of drug-likeness (QED) is 0.0592. The Morgan fingerprint density at radius 1 is 0.380 bits per heavy atom. The molecule has 0 spiro atoms. The summed E-state index contributed by atoms with van der Waals surface area (Å²) in [6.45, 7) is 10.0. The summed E-state index contributed by atoms with van der Waals surface area (Å²) in [6.07, 6.45) is 28.0. The van der Waals surface area contributed by atoms with Gasteiger partial charge in [0.25, 0.3) is 0 Å². The third-order valence-corrected chi connectivity index (χ3v) is 10.3. The highest BCUT2D eigenvalue weighted by atomic mass is 14.9. The van der Waals surface area contributed by atoms with Gasteiger partial charge in [-0.2, -0.15) is 0 Å². The number of hydrogen-bond donors (Lipinski definition) is 3. The van der Waals surface area contributed by atoms with Crippen LogP contribution in [0, 0.1) is 0 Å². The van der Waals surface area contributed by atoms with Crippen LogP contribution in [0.3, 0.4) is 0 Å². The molecule has 0 saturated heterocycles. The van der Waals surface area contributed by atoms with Crippen LogP contribution in [-0.2, 0) is 0 Å². The molecule has 0 aliphatic carbocycles. The van der Waals surface area contributed by atoms with E-state index in [0.29, 0.717) is 0 Å². The van der Waals surface area contributed by atoms with Gasteiger partial charge in [-0.05, 0) is 66.7 Å². The molecule has 2 atom stereocenters. The number of hydrogen-bond acceptors (Lipinski definition) is 3. The van der Waals surface area contributed by atoms with Gasteiger partial charge < -0.3 is 16.0 Å². The zero-order valence-electron chi connectivity index (χ0n) is 32.6. The lowest BCUT2D eigenvalue weighted by Gasteiger charge is -2.27. The smallest absolute Gasteiger partial charge is 0.0597 e. The van der Waals surface area contributed by atoms with Crippen LogP contribution in [0.25, 0.3) is 0 Å². The highest BCUT2D eigenvalue weighted by Crippen LogP contribution is 2.33. The fraction of sp³-hybridized carbons (Fsp3) is 0.617. The van der Waals surface area contributed by atoms with Crippen LogP contribution >= 0.6 is 0 Å². The topological polar surface area (TPSA) is 36.1 Å². The van der Waals surface area contributed by atoms with Gasteiger partial charge >= 0.3 is 0 Å². The summed E-state index contributed by atoms with van der Waals surface area (Å²) >= 11 is 0. The number of anilines is 1. The van der Waals surface area contributed by atoms with E-state index in [4.69, 9.17) is 0 Å². The maximum atomic E-state index is 4.05. The Labute approximate surface area is 309 Å². The standard InChI is InChI=1S/C47H75N3/c1-4-7-10-13-16-19-28-37-48-45-36-35-43(46(41-31-24-22-25-32-41)49-38-29-20-17-14-11-8-5-2)40-44(45)47(42-33-26-23-27-34-42)50-39-30-21-18-15-12-9-6-3/h22-27,31-36,40,46-50H,4-21,28-30,37-39H2,1-3H3. The summed E-state index contributed by atoms with van der Waals surface area (Å²) in [5, 5.41) is 12.0. The SMILES string of the molecule is CCCCCCCCCNc1ccc(C(NCCCCCCCCC)c2ccccc2)cc1C(NCCCCCCCCC)c1ccccc1. The maximum Gasteiger partial charge on any atom is 0.0597 e. The van der Waals surface area contributed by atoms with Crippen LogP contribution in [0.2, 0.25) is 0 Å². The Bertz CT molecular complexity index is 1190. The molecule has 0 aromatic heterocycles. The van der Waals surface area contributed by atoms with Crippen molar-refractivity contribution in [2.75, 3.05) is 25.0 Å². The molecule has 0 saturated carbocycles. The van der Waals surface area contributed by atoms with Crippen molar-refractivity contribution in [3.8, 4) is 0 Å². The van der Waals surface area contributed by atoms with Crippen molar-refractivity contribution in [3.63, 3.8) is 0 Å². The number of benzene rings is 3. The Kier molecular flexibility index (Phi) is 23.4. The second-order valence-electron chi connectivity index (χ2n) is 14.7. The number of nitrogens with one attached hydrogen (secondary N) is 3. The Morgan fingerprint density at radius 3 is 1.26 bits per heavy atom. The first-order valence-electron chi connectivity index (χ1n) is 21.2. The van der Waals surface area contributed by atoms with Gasteiger partial charge in [-0.3, -0.25) is 0 Å². The third kappa shape index (κ3) is 17.1. The Morgan fingerprint density at radius 2 is 0.780 bits per heavy atom. The molecule has 0 fully saturated rings. The summed E-state index contributed by atoms with van der Waals surface area (Å²) in [5.74, 6) is 0. The highest BCUT2D eigenvalue weighted by Gasteiger charge is 2.21. The largest absolute Gasteiger partial charge is 0.385 e. The summed E-state index contributed by atoms with van der Waals surface area (Å²) < 4.78 is 0. The van der Waals surface area contributed by atoms with Crippen molar-refractivity contribution in [3.05, 3.63) is 101 Å². The van der Waals surface area contributed by atoms with Crippen molar-refractivity contribution in [1.29, 1.82) is 0 Å². The van der Waals surface area contributed by atoms with Crippen LogP contribution in [0.4, 0.5) is 5.69 Å². The van der Waals surface area contributed by atoms with E-state index < -0.39 is 0 Å². The average Bonchev–Trinajstić information content (AvgIpc) is 3.15. The molecule has 0 heterocycles. The molecule has 50 heavy (non-hydrogen) atoms. The first-order chi connectivity index (χ1) is 24.8. The predicted molar refractivity (Wildman–Crippen MR) is 221 cm³/mol. The molecule has 3 heteroatoms. The van der Waals surface area contributed by atoms with E-state index in [1.807, 2.05) is 0 Å². The van der Waals surface area contributed by atoms with Crippen molar-refractivity contribution in [1.82, 2.24) is 10.6 Å². The van der Waals surface area contributed by atoms with Gasteiger partial charge in [0.2, 0.25) is 0 Å².